The molecule has 0 bridgehead atoms. The molecule has 0 radical (unpaired) electrons. The highest BCUT2D eigenvalue weighted by molar-refractivity contribution is 7.98. The Kier molecular flexibility index (Phi) is 7.75. The summed E-state index contributed by atoms with van der Waals surface area (Å²) in [6, 6.07) is 12.0. The Morgan fingerprint density at radius 1 is 1.32 bits per heavy atom. The molecule has 0 spiro atoms. The van der Waals surface area contributed by atoms with Gasteiger partial charge in [0.25, 0.3) is 0 Å². The van der Waals surface area contributed by atoms with Crippen molar-refractivity contribution in [2.24, 2.45) is 5.92 Å². The molecule has 1 aromatic heterocycles. The van der Waals surface area contributed by atoms with E-state index in [2.05, 4.69) is 28.6 Å². The zero-order valence-electron chi connectivity index (χ0n) is 14.3. The molecule has 2 unspecified atom stereocenters. The first kappa shape index (κ1) is 19.8. The maximum atomic E-state index is 12.3. The lowest BCUT2D eigenvalue weighted by atomic mass is 9.94. The maximum absolute atomic E-state index is 12.3. The zero-order valence-corrected chi connectivity index (χ0v) is 15.9. The number of anilines is 1. The van der Waals surface area contributed by atoms with E-state index in [1.807, 2.05) is 36.5 Å². The van der Waals surface area contributed by atoms with E-state index in [0.29, 0.717) is 5.92 Å². The molecule has 2 aromatic rings. The van der Waals surface area contributed by atoms with E-state index in [1.54, 1.807) is 18.0 Å². The Bertz CT molecular complexity index is 666. The SMILES string of the molecule is CC1CCNC(C(=O)Nc2ccc(SCc3cccnc3)cc2)C1.Cl. The molecule has 6 heteroatoms. The fraction of sp³-hybridized carbons (Fsp3) is 0.368. The molecular formula is C19H24ClN3OS. The third-order valence-electron chi connectivity index (χ3n) is 4.23. The molecule has 1 aliphatic rings. The van der Waals surface area contributed by atoms with Gasteiger partial charge >= 0.3 is 0 Å². The fourth-order valence-corrected chi connectivity index (χ4v) is 3.65. The Morgan fingerprint density at radius 3 is 2.80 bits per heavy atom. The summed E-state index contributed by atoms with van der Waals surface area (Å²) in [5, 5.41) is 6.31. The number of piperidine rings is 1. The molecule has 134 valence electrons. The van der Waals surface area contributed by atoms with Crippen LogP contribution in [0.2, 0.25) is 0 Å². The average molecular weight is 378 g/mol. The highest BCUT2D eigenvalue weighted by Gasteiger charge is 2.24. The van der Waals surface area contributed by atoms with E-state index in [9.17, 15) is 4.79 Å². The van der Waals surface area contributed by atoms with Crippen LogP contribution in [0.3, 0.4) is 0 Å². The second-order valence-corrected chi connectivity index (χ2v) is 7.35. The molecule has 1 amide bonds. The summed E-state index contributed by atoms with van der Waals surface area (Å²) in [6.45, 7) is 3.12. The predicted molar refractivity (Wildman–Crippen MR) is 106 cm³/mol. The minimum Gasteiger partial charge on any atom is -0.325 e. The molecule has 2 atom stereocenters. The molecule has 2 N–H and O–H groups in total. The number of nitrogens with one attached hydrogen (secondary N) is 2. The van der Waals surface area contributed by atoms with Crippen molar-refractivity contribution in [3.05, 3.63) is 54.4 Å². The van der Waals surface area contributed by atoms with E-state index in [1.165, 1.54) is 10.5 Å². The summed E-state index contributed by atoms with van der Waals surface area (Å²) < 4.78 is 0. The van der Waals surface area contributed by atoms with E-state index >= 15 is 0 Å². The quantitative estimate of drug-likeness (QED) is 0.769. The number of hydrogen-bond donors (Lipinski definition) is 2. The monoisotopic (exact) mass is 377 g/mol. The van der Waals surface area contributed by atoms with Crippen LogP contribution < -0.4 is 10.6 Å². The number of aromatic nitrogens is 1. The fourth-order valence-electron chi connectivity index (χ4n) is 2.82. The summed E-state index contributed by atoms with van der Waals surface area (Å²) >= 11 is 1.76. The first-order valence-corrected chi connectivity index (χ1v) is 9.35. The molecule has 4 nitrogen and oxygen atoms in total. The summed E-state index contributed by atoms with van der Waals surface area (Å²) in [7, 11) is 0. The second kappa shape index (κ2) is 9.80. The van der Waals surface area contributed by atoms with Gasteiger partial charge in [-0.15, -0.1) is 24.2 Å². The molecule has 1 aromatic carbocycles. The number of hydrogen-bond acceptors (Lipinski definition) is 4. The molecule has 25 heavy (non-hydrogen) atoms. The molecule has 0 aliphatic carbocycles. The van der Waals surface area contributed by atoms with E-state index in [0.717, 1.165) is 30.8 Å². The number of pyridine rings is 1. The molecule has 0 saturated carbocycles. The first-order chi connectivity index (χ1) is 11.7. The van der Waals surface area contributed by atoms with E-state index in [-0.39, 0.29) is 24.4 Å². The van der Waals surface area contributed by atoms with Crippen LogP contribution in [-0.2, 0) is 10.5 Å². The number of benzene rings is 1. The molecule has 2 heterocycles. The molecule has 1 aliphatic heterocycles. The number of halogens is 1. The van der Waals surface area contributed by atoms with E-state index in [4.69, 9.17) is 0 Å². The standard InChI is InChI=1S/C19H23N3OS.ClH/c1-14-8-10-21-18(11-14)19(23)22-16-4-6-17(7-5-16)24-13-15-3-2-9-20-12-15;/h2-7,9,12,14,18,21H,8,10-11,13H2,1H3,(H,22,23);1H. The van der Waals surface area contributed by atoms with Gasteiger partial charge in [-0.25, -0.2) is 0 Å². The van der Waals surface area contributed by atoms with Gasteiger partial charge in [-0.2, -0.15) is 0 Å². The van der Waals surface area contributed by atoms with Gasteiger partial charge in [-0.3, -0.25) is 9.78 Å². The second-order valence-electron chi connectivity index (χ2n) is 6.30. The highest BCUT2D eigenvalue weighted by Crippen LogP contribution is 2.24. The van der Waals surface area contributed by atoms with Gasteiger partial charge < -0.3 is 10.6 Å². The van der Waals surface area contributed by atoms with E-state index < -0.39 is 0 Å². The number of carbonyl (C=O) groups excluding carboxylic acids is 1. The van der Waals surface area contributed by atoms with Gasteiger partial charge in [0.2, 0.25) is 5.91 Å². The maximum Gasteiger partial charge on any atom is 0.241 e. The van der Waals surface area contributed by atoms with Crippen molar-refractivity contribution in [1.29, 1.82) is 0 Å². The van der Waals surface area contributed by atoms with Crippen molar-refractivity contribution in [3.8, 4) is 0 Å². The van der Waals surface area contributed by atoms with Gasteiger partial charge in [0, 0.05) is 28.7 Å². The van der Waals surface area contributed by atoms with Crippen LogP contribution in [-0.4, -0.2) is 23.5 Å². The molecule has 3 rings (SSSR count). The number of carbonyl (C=O) groups is 1. The number of nitrogens with zero attached hydrogens (tertiary/aromatic N) is 1. The Hall–Kier alpha value is -1.56. The van der Waals surface area contributed by atoms with Crippen LogP contribution in [0, 0.1) is 5.92 Å². The number of rotatable bonds is 5. The molecule has 1 saturated heterocycles. The van der Waals surface area contributed by atoms with Crippen LogP contribution in [0.5, 0.6) is 0 Å². The molecule has 1 fully saturated rings. The van der Waals surface area contributed by atoms with Crippen LogP contribution in [0.4, 0.5) is 5.69 Å². The lowest BCUT2D eigenvalue weighted by molar-refractivity contribution is -0.119. The minimum atomic E-state index is -0.0756. The van der Waals surface area contributed by atoms with Crippen molar-refractivity contribution in [2.45, 2.75) is 36.5 Å². The normalized spacial score (nSPS) is 19.7. The van der Waals surface area contributed by atoms with Crippen molar-refractivity contribution >= 4 is 35.8 Å². The van der Waals surface area contributed by atoms with Gasteiger partial charge in [0.15, 0.2) is 0 Å². The summed E-state index contributed by atoms with van der Waals surface area (Å²) in [4.78, 5) is 17.6. The lowest BCUT2D eigenvalue weighted by Gasteiger charge is -2.27. The van der Waals surface area contributed by atoms with Crippen molar-refractivity contribution in [2.75, 3.05) is 11.9 Å². The van der Waals surface area contributed by atoms with Gasteiger partial charge in [0.1, 0.15) is 0 Å². The van der Waals surface area contributed by atoms with Gasteiger partial charge in [0.05, 0.1) is 6.04 Å². The summed E-state index contributed by atoms with van der Waals surface area (Å²) in [5.41, 5.74) is 2.06. The summed E-state index contributed by atoms with van der Waals surface area (Å²) in [5.74, 6) is 1.56. The Labute approximate surface area is 159 Å². The molecular weight excluding hydrogens is 354 g/mol. The smallest absolute Gasteiger partial charge is 0.241 e. The van der Waals surface area contributed by atoms with Gasteiger partial charge in [-0.05, 0) is 61.2 Å². The van der Waals surface area contributed by atoms with Crippen LogP contribution in [0.1, 0.15) is 25.3 Å². The summed E-state index contributed by atoms with van der Waals surface area (Å²) in [6.07, 6.45) is 5.73. The first-order valence-electron chi connectivity index (χ1n) is 8.37. The topological polar surface area (TPSA) is 54.0 Å². The average Bonchev–Trinajstić information content (AvgIpc) is 2.62. The van der Waals surface area contributed by atoms with Crippen LogP contribution >= 0.6 is 24.2 Å². The number of thioether (sulfide) groups is 1. The van der Waals surface area contributed by atoms with Crippen molar-refractivity contribution in [3.63, 3.8) is 0 Å². The number of amides is 1. The zero-order chi connectivity index (χ0) is 16.8. The minimum absolute atomic E-state index is 0. The third-order valence-corrected chi connectivity index (χ3v) is 5.32. The van der Waals surface area contributed by atoms with Crippen LogP contribution in [0.15, 0.2) is 53.7 Å². The van der Waals surface area contributed by atoms with Crippen molar-refractivity contribution in [1.82, 2.24) is 10.3 Å². The Balaban J connectivity index is 0.00000225. The van der Waals surface area contributed by atoms with Crippen molar-refractivity contribution < 1.29 is 4.79 Å². The Morgan fingerprint density at radius 2 is 2.12 bits per heavy atom. The van der Waals surface area contributed by atoms with Gasteiger partial charge in [-0.1, -0.05) is 13.0 Å². The highest BCUT2D eigenvalue weighted by atomic mass is 35.5. The lowest BCUT2D eigenvalue weighted by Crippen LogP contribution is -2.45. The predicted octanol–water partition coefficient (Wildman–Crippen LogP) is 4.12. The van der Waals surface area contributed by atoms with Crippen LogP contribution in [0.25, 0.3) is 0 Å². The largest absolute Gasteiger partial charge is 0.325 e. The third kappa shape index (κ3) is 6.03.